The van der Waals surface area contributed by atoms with Crippen molar-refractivity contribution in [2.45, 2.75) is 33.1 Å². The highest BCUT2D eigenvalue weighted by Gasteiger charge is 2.14. The van der Waals surface area contributed by atoms with Crippen molar-refractivity contribution in [2.24, 2.45) is 5.92 Å². The zero-order valence-corrected chi connectivity index (χ0v) is 13.2. The molecule has 1 atom stereocenters. The Morgan fingerprint density at radius 1 is 1.40 bits per heavy atom. The molecule has 1 aliphatic rings. The van der Waals surface area contributed by atoms with Gasteiger partial charge in [-0.3, -0.25) is 4.79 Å². The molecular formula is C16H25ClN2O. The fourth-order valence-electron chi connectivity index (χ4n) is 2.60. The number of aryl methyl sites for hydroxylation is 2. The van der Waals surface area contributed by atoms with E-state index in [1.54, 1.807) is 0 Å². The lowest BCUT2D eigenvalue weighted by molar-refractivity contribution is -0.120. The van der Waals surface area contributed by atoms with Crippen molar-refractivity contribution in [2.75, 3.05) is 19.6 Å². The Bertz CT molecular complexity index is 442. The molecule has 2 rings (SSSR count). The average molecular weight is 297 g/mol. The van der Waals surface area contributed by atoms with Crippen molar-refractivity contribution in [3.8, 4) is 0 Å². The molecule has 1 aliphatic heterocycles. The molecule has 2 N–H and O–H groups in total. The normalized spacial score (nSPS) is 17.6. The predicted octanol–water partition coefficient (Wildman–Crippen LogP) is 2.38. The summed E-state index contributed by atoms with van der Waals surface area (Å²) in [5, 5.41) is 6.39. The van der Waals surface area contributed by atoms with Gasteiger partial charge in [-0.15, -0.1) is 12.4 Å². The van der Waals surface area contributed by atoms with E-state index in [9.17, 15) is 4.79 Å². The van der Waals surface area contributed by atoms with Crippen LogP contribution in [0.1, 0.15) is 29.5 Å². The first-order valence-electron chi connectivity index (χ1n) is 7.18. The second-order valence-corrected chi connectivity index (χ2v) is 5.60. The number of amides is 1. The lowest BCUT2D eigenvalue weighted by Crippen LogP contribution is -2.28. The molecule has 1 aromatic rings. The number of rotatable bonds is 5. The summed E-state index contributed by atoms with van der Waals surface area (Å²) in [5.41, 5.74) is 3.55. The number of carbonyl (C=O) groups is 1. The molecule has 0 saturated carbocycles. The largest absolute Gasteiger partial charge is 0.356 e. The minimum absolute atomic E-state index is 0. The van der Waals surface area contributed by atoms with Gasteiger partial charge in [-0.25, -0.2) is 0 Å². The SMILES string of the molecule is Cc1ccc(C)c(CC(=O)NCCC2CCNC2)c1.Cl. The molecule has 0 bridgehead atoms. The molecule has 112 valence electrons. The predicted molar refractivity (Wildman–Crippen MR) is 85.5 cm³/mol. The van der Waals surface area contributed by atoms with Crippen LogP contribution in [0.25, 0.3) is 0 Å². The molecule has 1 amide bonds. The summed E-state index contributed by atoms with van der Waals surface area (Å²) in [4.78, 5) is 11.9. The van der Waals surface area contributed by atoms with Crippen LogP contribution in [0, 0.1) is 19.8 Å². The van der Waals surface area contributed by atoms with Crippen LogP contribution in [0.15, 0.2) is 18.2 Å². The molecule has 1 fully saturated rings. The van der Waals surface area contributed by atoms with Gasteiger partial charge in [-0.05, 0) is 56.8 Å². The molecule has 4 heteroatoms. The summed E-state index contributed by atoms with van der Waals surface area (Å²) < 4.78 is 0. The van der Waals surface area contributed by atoms with E-state index >= 15 is 0 Å². The highest BCUT2D eigenvalue weighted by atomic mass is 35.5. The molecule has 1 aromatic carbocycles. The zero-order valence-electron chi connectivity index (χ0n) is 12.4. The summed E-state index contributed by atoms with van der Waals surface area (Å²) in [6.07, 6.45) is 2.83. The van der Waals surface area contributed by atoms with Crippen LogP contribution in [-0.4, -0.2) is 25.5 Å². The molecule has 0 spiro atoms. The Balaban J connectivity index is 0.00000200. The Kier molecular flexibility index (Phi) is 7.03. The third kappa shape index (κ3) is 5.14. The van der Waals surface area contributed by atoms with E-state index in [1.807, 2.05) is 0 Å². The van der Waals surface area contributed by atoms with E-state index in [1.165, 1.54) is 17.5 Å². The second kappa shape index (κ2) is 8.28. The summed E-state index contributed by atoms with van der Waals surface area (Å²) in [6.45, 7) is 7.16. The number of nitrogens with one attached hydrogen (secondary N) is 2. The Morgan fingerprint density at radius 3 is 2.90 bits per heavy atom. The van der Waals surface area contributed by atoms with Gasteiger partial charge in [0.25, 0.3) is 0 Å². The van der Waals surface area contributed by atoms with Gasteiger partial charge in [0.1, 0.15) is 0 Å². The first-order valence-corrected chi connectivity index (χ1v) is 7.18. The molecule has 0 radical (unpaired) electrons. The van der Waals surface area contributed by atoms with Crippen LogP contribution in [0.3, 0.4) is 0 Å². The van der Waals surface area contributed by atoms with E-state index in [2.05, 4.69) is 42.7 Å². The highest BCUT2D eigenvalue weighted by molar-refractivity contribution is 5.85. The minimum Gasteiger partial charge on any atom is -0.356 e. The van der Waals surface area contributed by atoms with Crippen molar-refractivity contribution in [3.63, 3.8) is 0 Å². The van der Waals surface area contributed by atoms with Crippen LogP contribution in [0.4, 0.5) is 0 Å². The number of halogens is 1. The number of carbonyl (C=O) groups excluding carboxylic acids is 1. The Morgan fingerprint density at radius 2 is 2.20 bits per heavy atom. The van der Waals surface area contributed by atoms with Crippen molar-refractivity contribution in [1.82, 2.24) is 10.6 Å². The Hall–Kier alpha value is -1.06. The minimum atomic E-state index is 0. The molecule has 1 unspecified atom stereocenters. The van der Waals surface area contributed by atoms with Gasteiger partial charge in [0, 0.05) is 6.54 Å². The van der Waals surface area contributed by atoms with E-state index in [0.717, 1.165) is 37.5 Å². The molecule has 0 aromatic heterocycles. The van der Waals surface area contributed by atoms with Crippen LogP contribution in [-0.2, 0) is 11.2 Å². The highest BCUT2D eigenvalue weighted by Crippen LogP contribution is 2.12. The average Bonchev–Trinajstić information content (AvgIpc) is 2.87. The van der Waals surface area contributed by atoms with Gasteiger partial charge < -0.3 is 10.6 Å². The van der Waals surface area contributed by atoms with Gasteiger partial charge in [-0.1, -0.05) is 23.8 Å². The van der Waals surface area contributed by atoms with E-state index in [0.29, 0.717) is 6.42 Å². The fourth-order valence-corrected chi connectivity index (χ4v) is 2.60. The molecule has 1 heterocycles. The number of hydrogen-bond donors (Lipinski definition) is 2. The molecule has 1 saturated heterocycles. The summed E-state index contributed by atoms with van der Waals surface area (Å²) in [7, 11) is 0. The topological polar surface area (TPSA) is 41.1 Å². The fraction of sp³-hybridized carbons (Fsp3) is 0.562. The van der Waals surface area contributed by atoms with Crippen LogP contribution < -0.4 is 10.6 Å². The van der Waals surface area contributed by atoms with E-state index in [4.69, 9.17) is 0 Å². The lowest BCUT2D eigenvalue weighted by Gasteiger charge is -2.10. The second-order valence-electron chi connectivity index (χ2n) is 5.60. The maximum Gasteiger partial charge on any atom is 0.224 e. The van der Waals surface area contributed by atoms with Crippen molar-refractivity contribution in [1.29, 1.82) is 0 Å². The number of hydrogen-bond acceptors (Lipinski definition) is 2. The quantitative estimate of drug-likeness (QED) is 0.876. The first kappa shape index (κ1) is 17.0. The summed E-state index contributed by atoms with van der Waals surface area (Å²) in [5.74, 6) is 0.876. The smallest absolute Gasteiger partial charge is 0.224 e. The first-order chi connectivity index (χ1) is 9.15. The van der Waals surface area contributed by atoms with Gasteiger partial charge in [-0.2, -0.15) is 0 Å². The third-order valence-corrected chi connectivity index (χ3v) is 3.89. The summed E-state index contributed by atoms with van der Waals surface area (Å²) in [6, 6.07) is 6.28. The van der Waals surface area contributed by atoms with E-state index in [-0.39, 0.29) is 18.3 Å². The maximum atomic E-state index is 11.9. The summed E-state index contributed by atoms with van der Waals surface area (Å²) >= 11 is 0. The van der Waals surface area contributed by atoms with E-state index < -0.39 is 0 Å². The van der Waals surface area contributed by atoms with Crippen molar-refractivity contribution in [3.05, 3.63) is 34.9 Å². The molecule has 20 heavy (non-hydrogen) atoms. The maximum absolute atomic E-state index is 11.9. The van der Waals surface area contributed by atoms with Gasteiger partial charge in [0.05, 0.1) is 6.42 Å². The van der Waals surface area contributed by atoms with Gasteiger partial charge in [0.15, 0.2) is 0 Å². The third-order valence-electron chi connectivity index (χ3n) is 3.89. The monoisotopic (exact) mass is 296 g/mol. The van der Waals surface area contributed by atoms with Crippen molar-refractivity contribution >= 4 is 18.3 Å². The molecule has 3 nitrogen and oxygen atoms in total. The van der Waals surface area contributed by atoms with Crippen LogP contribution in [0.2, 0.25) is 0 Å². The van der Waals surface area contributed by atoms with Crippen molar-refractivity contribution < 1.29 is 4.79 Å². The Labute approximate surface area is 127 Å². The lowest BCUT2D eigenvalue weighted by atomic mass is 10.0. The van der Waals surface area contributed by atoms with Gasteiger partial charge >= 0.3 is 0 Å². The zero-order chi connectivity index (χ0) is 13.7. The number of benzene rings is 1. The standard InChI is InChI=1S/C16H24N2O.ClH/c1-12-3-4-13(2)15(9-12)10-16(19)18-8-6-14-5-7-17-11-14;/h3-4,9,14,17H,5-8,10-11H2,1-2H3,(H,18,19);1H. The van der Waals surface area contributed by atoms with Gasteiger partial charge in [0.2, 0.25) is 5.91 Å². The molecular weight excluding hydrogens is 272 g/mol. The van der Waals surface area contributed by atoms with Crippen LogP contribution >= 0.6 is 12.4 Å². The van der Waals surface area contributed by atoms with Crippen LogP contribution in [0.5, 0.6) is 0 Å². The molecule has 0 aliphatic carbocycles.